The lowest BCUT2D eigenvalue weighted by atomic mass is 10.0. The van der Waals surface area contributed by atoms with Gasteiger partial charge >= 0.3 is 5.97 Å². The Morgan fingerprint density at radius 3 is 2.76 bits per heavy atom. The molecule has 7 nitrogen and oxygen atoms in total. The topological polar surface area (TPSA) is 97.6 Å². The van der Waals surface area contributed by atoms with Crippen molar-refractivity contribution in [2.45, 2.75) is 64.7 Å². The number of H-pyrrole nitrogens is 1. The first-order valence-corrected chi connectivity index (χ1v) is 13.2. The molecule has 0 saturated heterocycles. The number of aromatic nitrogens is 2. The Morgan fingerprint density at radius 1 is 1.11 bits per heavy atom. The highest BCUT2D eigenvalue weighted by Crippen LogP contribution is 2.31. The van der Waals surface area contributed by atoms with E-state index >= 15 is 0 Å². The van der Waals surface area contributed by atoms with Crippen LogP contribution in [0, 0.1) is 0 Å². The van der Waals surface area contributed by atoms with E-state index in [1.165, 1.54) is 18.4 Å². The highest BCUT2D eigenvalue weighted by Gasteiger charge is 2.19. The van der Waals surface area contributed by atoms with Gasteiger partial charge in [-0.25, -0.2) is 4.98 Å². The number of carboxylic acids is 1. The summed E-state index contributed by atoms with van der Waals surface area (Å²) in [6, 6.07) is 13.8. The number of benzene rings is 2. The smallest absolute Gasteiger partial charge is 0.312 e. The minimum absolute atomic E-state index is 0.525. The van der Waals surface area contributed by atoms with E-state index in [-0.39, 0.29) is 0 Å². The zero-order valence-corrected chi connectivity index (χ0v) is 21.5. The predicted molar refractivity (Wildman–Crippen MR) is 143 cm³/mol. The molecule has 0 fully saturated rings. The van der Waals surface area contributed by atoms with E-state index in [2.05, 4.69) is 18.0 Å². The molecule has 0 bridgehead atoms. The summed E-state index contributed by atoms with van der Waals surface area (Å²) in [5, 5.41) is 10.2. The first kappa shape index (κ1) is 24.9. The third-order valence-electron chi connectivity index (χ3n) is 6.94. The Balaban J connectivity index is 1.16. The van der Waals surface area contributed by atoms with E-state index in [1.807, 2.05) is 36.4 Å². The number of nitrogens with zero attached hydrogens (tertiary/aromatic N) is 1. The van der Waals surface area contributed by atoms with Crippen molar-refractivity contribution in [2.24, 2.45) is 0 Å². The minimum Gasteiger partial charge on any atom is -0.493 e. The predicted octanol–water partition coefficient (Wildman–Crippen LogP) is 6.69. The number of fused-ring (bicyclic) bond motifs is 2. The summed E-state index contributed by atoms with van der Waals surface area (Å²) in [5.41, 5.74) is 4.88. The Bertz CT molecular complexity index is 1360. The van der Waals surface area contributed by atoms with Gasteiger partial charge in [-0.1, -0.05) is 13.3 Å². The van der Waals surface area contributed by atoms with Crippen LogP contribution in [0.15, 0.2) is 46.9 Å². The second-order valence-corrected chi connectivity index (χ2v) is 9.75. The van der Waals surface area contributed by atoms with Crippen molar-refractivity contribution in [1.29, 1.82) is 0 Å². The minimum atomic E-state index is -0.851. The molecule has 5 rings (SSSR count). The lowest BCUT2D eigenvalue weighted by Gasteiger charge is -2.13. The second-order valence-electron chi connectivity index (χ2n) is 9.75. The summed E-state index contributed by atoms with van der Waals surface area (Å²) in [6.45, 7) is 4.92. The number of aryl methyl sites for hydroxylation is 3. The fourth-order valence-corrected chi connectivity index (χ4v) is 4.81. The van der Waals surface area contributed by atoms with Gasteiger partial charge in [-0.15, -0.1) is 0 Å². The second kappa shape index (κ2) is 11.1. The summed E-state index contributed by atoms with van der Waals surface area (Å²) >= 11 is 0. The van der Waals surface area contributed by atoms with Crippen LogP contribution < -0.4 is 9.47 Å². The summed E-state index contributed by atoms with van der Waals surface area (Å²) in [4.78, 5) is 19.2. The molecular formula is C30H34N2O5. The molecule has 2 aromatic carbocycles. The van der Waals surface area contributed by atoms with Gasteiger partial charge in [0.15, 0.2) is 0 Å². The van der Waals surface area contributed by atoms with Crippen LogP contribution in [0.5, 0.6) is 11.5 Å². The van der Waals surface area contributed by atoms with Crippen LogP contribution in [-0.2, 0) is 24.1 Å². The lowest BCUT2D eigenvalue weighted by Crippen LogP contribution is -2.07. The molecule has 0 aliphatic heterocycles. The third kappa shape index (κ3) is 5.66. The average Bonchev–Trinajstić information content (AvgIpc) is 3.53. The monoisotopic (exact) mass is 502 g/mol. The third-order valence-corrected chi connectivity index (χ3v) is 6.94. The average molecular weight is 503 g/mol. The van der Waals surface area contributed by atoms with Crippen molar-refractivity contribution in [2.75, 3.05) is 13.2 Å². The highest BCUT2D eigenvalue weighted by molar-refractivity contribution is 5.84. The molecule has 0 spiro atoms. The van der Waals surface area contributed by atoms with E-state index in [0.29, 0.717) is 24.8 Å². The normalized spacial score (nSPS) is 13.9. The SMILES string of the molecule is CCCc1cc(-c2nc3c(o2)CCCC3)ccc1OCCCOc1ccc2[nH]c(C(C)C(=O)O)cc2c1. The number of carbonyl (C=O) groups is 1. The standard InChI is InChI=1S/C30H34N2O5/c1-3-7-20-16-21(29-32-25-8-4-5-9-28(25)37-29)10-13-27(20)36-15-6-14-35-23-11-12-24-22(17-23)18-26(31-24)19(2)30(33)34/h10-13,16-19,31H,3-9,14-15H2,1-2H3,(H,33,34). The molecule has 2 heterocycles. The van der Waals surface area contributed by atoms with Gasteiger partial charge in [-0.05, 0) is 80.6 Å². The Labute approximate surface area is 216 Å². The van der Waals surface area contributed by atoms with Gasteiger partial charge < -0.3 is 24.0 Å². The quantitative estimate of drug-likeness (QED) is 0.222. The van der Waals surface area contributed by atoms with Crippen molar-refractivity contribution in [3.8, 4) is 23.0 Å². The number of aliphatic carboxylic acids is 1. The Hall–Kier alpha value is -3.74. The molecule has 4 aromatic rings. The van der Waals surface area contributed by atoms with E-state index in [1.54, 1.807) is 6.92 Å². The van der Waals surface area contributed by atoms with Crippen molar-refractivity contribution in [3.63, 3.8) is 0 Å². The van der Waals surface area contributed by atoms with Crippen LogP contribution in [0.2, 0.25) is 0 Å². The largest absolute Gasteiger partial charge is 0.493 e. The van der Waals surface area contributed by atoms with Crippen LogP contribution >= 0.6 is 0 Å². The number of ether oxygens (including phenoxy) is 2. The van der Waals surface area contributed by atoms with Gasteiger partial charge in [0.2, 0.25) is 5.89 Å². The van der Waals surface area contributed by atoms with Crippen LogP contribution in [0.25, 0.3) is 22.4 Å². The van der Waals surface area contributed by atoms with Crippen LogP contribution in [0.3, 0.4) is 0 Å². The maximum Gasteiger partial charge on any atom is 0.312 e. The number of hydrogen-bond acceptors (Lipinski definition) is 5. The molecule has 7 heteroatoms. The van der Waals surface area contributed by atoms with E-state index in [9.17, 15) is 9.90 Å². The van der Waals surface area contributed by atoms with Crippen LogP contribution in [0.4, 0.5) is 0 Å². The fraction of sp³-hybridized carbons (Fsp3) is 0.400. The van der Waals surface area contributed by atoms with E-state index in [4.69, 9.17) is 18.9 Å². The van der Waals surface area contributed by atoms with Crippen molar-refractivity contribution in [3.05, 3.63) is 65.2 Å². The number of hydrogen-bond donors (Lipinski definition) is 2. The van der Waals surface area contributed by atoms with Crippen molar-refractivity contribution in [1.82, 2.24) is 9.97 Å². The molecule has 0 saturated carbocycles. The number of rotatable bonds is 11. The fourth-order valence-electron chi connectivity index (χ4n) is 4.81. The molecule has 2 N–H and O–H groups in total. The molecule has 37 heavy (non-hydrogen) atoms. The molecule has 1 atom stereocenters. The molecule has 194 valence electrons. The summed E-state index contributed by atoms with van der Waals surface area (Å²) in [6.07, 6.45) is 7.05. The molecule has 1 aliphatic rings. The van der Waals surface area contributed by atoms with Gasteiger partial charge in [0.1, 0.15) is 17.3 Å². The molecule has 0 radical (unpaired) electrons. The highest BCUT2D eigenvalue weighted by atomic mass is 16.5. The maximum atomic E-state index is 11.3. The van der Waals surface area contributed by atoms with Gasteiger partial charge in [0.25, 0.3) is 0 Å². The first-order valence-electron chi connectivity index (χ1n) is 13.2. The molecule has 1 unspecified atom stereocenters. The van der Waals surface area contributed by atoms with E-state index < -0.39 is 11.9 Å². The van der Waals surface area contributed by atoms with Gasteiger partial charge in [0, 0.05) is 35.0 Å². The van der Waals surface area contributed by atoms with Crippen LogP contribution in [-0.4, -0.2) is 34.3 Å². The molecular weight excluding hydrogens is 468 g/mol. The van der Waals surface area contributed by atoms with E-state index in [0.717, 1.165) is 71.5 Å². The molecule has 1 aliphatic carbocycles. The zero-order valence-electron chi connectivity index (χ0n) is 21.5. The number of oxazole rings is 1. The Kier molecular flexibility index (Phi) is 7.49. The van der Waals surface area contributed by atoms with Crippen molar-refractivity contribution < 1.29 is 23.8 Å². The lowest BCUT2D eigenvalue weighted by molar-refractivity contribution is -0.138. The Morgan fingerprint density at radius 2 is 1.95 bits per heavy atom. The first-order chi connectivity index (χ1) is 18.0. The summed E-state index contributed by atoms with van der Waals surface area (Å²) in [5.74, 6) is 1.98. The van der Waals surface area contributed by atoms with Crippen LogP contribution in [0.1, 0.15) is 68.2 Å². The summed E-state index contributed by atoms with van der Waals surface area (Å²) < 4.78 is 18.1. The number of nitrogens with one attached hydrogen (secondary N) is 1. The maximum absolute atomic E-state index is 11.3. The van der Waals surface area contributed by atoms with Gasteiger partial charge in [0.05, 0.1) is 24.8 Å². The molecule has 2 aromatic heterocycles. The zero-order chi connectivity index (χ0) is 25.8. The number of aromatic amines is 1. The van der Waals surface area contributed by atoms with Crippen molar-refractivity contribution >= 4 is 16.9 Å². The van der Waals surface area contributed by atoms with Gasteiger partial charge in [-0.2, -0.15) is 0 Å². The summed E-state index contributed by atoms with van der Waals surface area (Å²) in [7, 11) is 0. The number of carboxylic acid groups (broad SMARTS) is 1. The molecule has 0 amide bonds. The van der Waals surface area contributed by atoms with Gasteiger partial charge in [-0.3, -0.25) is 4.79 Å².